The number of rotatable bonds is 10. The zero-order valence-corrected chi connectivity index (χ0v) is 11.2. The lowest BCUT2D eigenvalue weighted by Gasteiger charge is -2.07. The van der Waals surface area contributed by atoms with Gasteiger partial charge in [0.2, 0.25) is 0 Å². The number of benzene rings is 1. The highest BCUT2D eigenvalue weighted by Crippen LogP contribution is 1.99. The van der Waals surface area contributed by atoms with Gasteiger partial charge in [0.25, 0.3) is 0 Å². The van der Waals surface area contributed by atoms with E-state index < -0.39 is 7.12 Å². The molecule has 0 bridgehead atoms. The van der Waals surface area contributed by atoms with Crippen molar-refractivity contribution in [2.45, 2.75) is 13.0 Å². The molecule has 0 saturated heterocycles. The maximum absolute atomic E-state index is 9.05. The minimum atomic E-state index is -1.44. The van der Waals surface area contributed by atoms with Crippen LogP contribution in [0.2, 0.25) is 0 Å². The van der Waals surface area contributed by atoms with Gasteiger partial charge in [-0.2, -0.15) is 0 Å². The Balaban J connectivity index is 2.10. The quantitative estimate of drug-likeness (QED) is 0.459. The van der Waals surface area contributed by atoms with Crippen LogP contribution in [-0.4, -0.2) is 50.7 Å². The molecule has 106 valence electrons. The van der Waals surface area contributed by atoms with E-state index in [1.165, 1.54) is 0 Å². The van der Waals surface area contributed by atoms with E-state index in [2.05, 4.69) is 0 Å². The van der Waals surface area contributed by atoms with E-state index in [4.69, 9.17) is 24.3 Å². The second-order valence-corrected chi connectivity index (χ2v) is 4.13. The van der Waals surface area contributed by atoms with Gasteiger partial charge in [0.05, 0.1) is 19.8 Å². The van der Waals surface area contributed by atoms with Gasteiger partial charge in [-0.1, -0.05) is 24.3 Å². The Morgan fingerprint density at radius 1 is 1.05 bits per heavy atom. The summed E-state index contributed by atoms with van der Waals surface area (Å²) in [5.74, 6) is 0. The first-order valence-corrected chi connectivity index (χ1v) is 6.33. The molecule has 0 fully saturated rings. The van der Waals surface area contributed by atoms with Crippen LogP contribution in [0.1, 0.15) is 12.0 Å². The molecular formula is C13H21BO5. The highest BCUT2D eigenvalue weighted by atomic mass is 16.5. The standard InChI is InChI=1S/C13H21BO5/c1-17-6-3-7-18-8-9-19-11-12-4-2-5-13(10-12)14(15)16/h2,4-5,10,15-16H,3,6-9,11H2,1H3. The summed E-state index contributed by atoms with van der Waals surface area (Å²) in [6.07, 6.45) is 0.882. The molecule has 6 heteroatoms. The molecule has 0 amide bonds. The number of hydrogen-bond acceptors (Lipinski definition) is 5. The Hall–Kier alpha value is -0.915. The fourth-order valence-electron chi connectivity index (χ4n) is 1.56. The van der Waals surface area contributed by atoms with Crippen LogP contribution in [0.4, 0.5) is 0 Å². The molecule has 1 aromatic carbocycles. The molecule has 0 saturated carbocycles. The fourth-order valence-corrected chi connectivity index (χ4v) is 1.56. The molecule has 0 spiro atoms. The van der Waals surface area contributed by atoms with E-state index in [0.717, 1.165) is 12.0 Å². The fraction of sp³-hybridized carbons (Fsp3) is 0.538. The van der Waals surface area contributed by atoms with Crippen molar-refractivity contribution in [2.24, 2.45) is 0 Å². The molecule has 0 radical (unpaired) electrons. The summed E-state index contributed by atoms with van der Waals surface area (Å²) in [6, 6.07) is 7.03. The predicted octanol–water partition coefficient (Wildman–Crippen LogP) is -0.0639. The third-order valence-electron chi connectivity index (χ3n) is 2.53. The summed E-state index contributed by atoms with van der Waals surface area (Å²) in [4.78, 5) is 0. The first-order chi connectivity index (χ1) is 9.24. The number of hydrogen-bond donors (Lipinski definition) is 2. The summed E-state index contributed by atoms with van der Waals surface area (Å²) in [5, 5.41) is 18.1. The zero-order chi connectivity index (χ0) is 13.9. The first kappa shape index (κ1) is 16.1. The van der Waals surface area contributed by atoms with Gasteiger partial charge in [0, 0.05) is 20.3 Å². The van der Waals surface area contributed by atoms with Gasteiger partial charge < -0.3 is 24.3 Å². The molecule has 19 heavy (non-hydrogen) atoms. The lowest BCUT2D eigenvalue weighted by atomic mass is 9.80. The topological polar surface area (TPSA) is 68.2 Å². The van der Waals surface area contributed by atoms with Crippen molar-refractivity contribution in [2.75, 3.05) is 33.5 Å². The SMILES string of the molecule is COCCCOCCOCc1cccc(B(O)O)c1. The molecular weight excluding hydrogens is 247 g/mol. The Morgan fingerprint density at radius 3 is 2.58 bits per heavy atom. The van der Waals surface area contributed by atoms with Crippen LogP contribution in [0.25, 0.3) is 0 Å². The van der Waals surface area contributed by atoms with Crippen LogP contribution >= 0.6 is 0 Å². The summed E-state index contributed by atoms with van der Waals surface area (Å²) in [5.41, 5.74) is 1.38. The first-order valence-electron chi connectivity index (χ1n) is 6.33. The van der Waals surface area contributed by atoms with Crippen LogP contribution in [-0.2, 0) is 20.8 Å². The average molecular weight is 268 g/mol. The van der Waals surface area contributed by atoms with Gasteiger partial charge in [0.1, 0.15) is 0 Å². The third kappa shape index (κ3) is 7.30. The van der Waals surface area contributed by atoms with Crippen LogP contribution in [0, 0.1) is 0 Å². The molecule has 1 rings (SSSR count). The van der Waals surface area contributed by atoms with Crippen molar-refractivity contribution in [3.63, 3.8) is 0 Å². The monoisotopic (exact) mass is 268 g/mol. The summed E-state index contributed by atoms with van der Waals surface area (Å²) < 4.78 is 15.7. The molecule has 0 aliphatic carbocycles. The van der Waals surface area contributed by atoms with Gasteiger partial charge in [-0.05, 0) is 17.4 Å². The number of ether oxygens (including phenoxy) is 3. The van der Waals surface area contributed by atoms with Crippen LogP contribution in [0.5, 0.6) is 0 Å². The normalized spacial score (nSPS) is 10.7. The van der Waals surface area contributed by atoms with Crippen LogP contribution in [0.3, 0.4) is 0 Å². The second kappa shape index (κ2) is 9.94. The molecule has 1 aromatic rings. The Labute approximate surface area is 114 Å². The lowest BCUT2D eigenvalue weighted by Crippen LogP contribution is -2.29. The molecule has 0 heterocycles. The Morgan fingerprint density at radius 2 is 1.84 bits per heavy atom. The van der Waals surface area contributed by atoms with E-state index in [9.17, 15) is 0 Å². The molecule has 0 unspecified atom stereocenters. The smallest absolute Gasteiger partial charge is 0.423 e. The van der Waals surface area contributed by atoms with Gasteiger partial charge >= 0.3 is 7.12 Å². The summed E-state index contributed by atoms with van der Waals surface area (Å²) in [6.45, 7) is 2.87. The lowest BCUT2D eigenvalue weighted by molar-refractivity contribution is 0.0337. The van der Waals surface area contributed by atoms with Gasteiger partial charge in [-0.25, -0.2) is 0 Å². The highest BCUT2D eigenvalue weighted by molar-refractivity contribution is 6.58. The van der Waals surface area contributed by atoms with Crippen molar-refractivity contribution in [3.8, 4) is 0 Å². The summed E-state index contributed by atoms with van der Waals surface area (Å²) >= 11 is 0. The minimum Gasteiger partial charge on any atom is -0.423 e. The molecule has 0 aliphatic rings. The van der Waals surface area contributed by atoms with Gasteiger partial charge in [-0.15, -0.1) is 0 Å². The van der Waals surface area contributed by atoms with Crippen molar-refractivity contribution in [1.29, 1.82) is 0 Å². The maximum Gasteiger partial charge on any atom is 0.488 e. The van der Waals surface area contributed by atoms with E-state index in [-0.39, 0.29) is 0 Å². The van der Waals surface area contributed by atoms with Crippen molar-refractivity contribution in [1.82, 2.24) is 0 Å². The van der Waals surface area contributed by atoms with Crippen molar-refractivity contribution < 1.29 is 24.3 Å². The van der Waals surface area contributed by atoms with Gasteiger partial charge in [-0.3, -0.25) is 0 Å². The molecule has 0 aliphatic heterocycles. The van der Waals surface area contributed by atoms with E-state index in [1.807, 2.05) is 6.07 Å². The van der Waals surface area contributed by atoms with Crippen LogP contribution < -0.4 is 5.46 Å². The Bertz CT molecular complexity index is 346. The third-order valence-corrected chi connectivity index (χ3v) is 2.53. The Kier molecular flexibility index (Phi) is 8.45. The predicted molar refractivity (Wildman–Crippen MR) is 73.2 cm³/mol. The van der Waals surface area contributed by atoms with E-state index >= 15 is 0 Å². The number of methoxy groups -OCH3 is 1. The van der Waals surface area contributed by atoms with Crippen LogP contribution in [0.15, 0.2) is 24.3 Å². The average Bonchev–Trinajstić information content (AvgIpc) is 2.42. The molecule has 0 aromatic heterocycles. The summed E-state index contributed by atoms with van der Waals surface area (Å²) in [7, 11) is 0.227. The molecule has 0 atom stereocenters. The van der Waals surface area contributed by atoms with E-state index in [1.54, 1.807) is 25.3 Å². The van der Waals surface area contributed by atoms with E-state index in [0.29, 0.717) is 38.5 Å². The molecule has 2 N–H and O–H groups in total. The van der Waals surface area contributed by atoms with Gasteiger partial charge in [0.15, 0.2) is 0 Å². The van der Waals surface area contributed by atoms with Crippen molar-refractivity contribution in [3.05, 3.63) is 29.8 Å². The maximum atomic E-state index is 9.05. The largest absolute Gasteiger partial charge is 0.488 e. The highest BCUT2D eigenvalue weighted by Gasteiger charge is 2.10. The second-order valence-electron chi connectivity index (χ2n) is 4.13. The zero-order valence-electron chi connectivity index (χ0n) is 11.2. The molecule has 5 nitrogen and oxygen atoms in total. The van der Waals surface area contributed by atoms with Crippen molar-refractivity contribution >= 4 is 12.6 Å². The minimum absolute atomic E-state index is 0.433.